The molecule has 0 saturated heterocycles. The number of nitrogens with zero attached hydrogens (tertiary/aromatic N) is 4. The van der Waals surface area contributed by atoms with Crippen molar-refractivity contribution in [3.05, 3.63) is 58.2 Å². The maximum Gasteiger partial charge on any atom is 0.220 e. The summed E-state index contributed by atoms with van der Waals surface area (Å²) in [6.45, 7) is 2.65. The van der Waals surface area contributed by atoms with Gasteiger partial charge in [-0.15, -0.1) is 0 Å². The van der Waals surface area contributed by atoms with E-state index in [2.05, 4.69) is 49.9 Å². The molecule has 0 bridgehead atoms. The lowest BCUT2D eigenvalue weighted by Crippen LogP contribution is -2.31. The minimum atomic E-state index is 0.363. The van der Waals surface area contributed by atoms with Crippen molar-refractivity contribution in [3.63, 3.8) is 0 Å². The van der Waals surface area contributed by atoms with Crippen LogP contribution >= 0.6 is 11.3 Å². The van der Waals surface area contributed by atoms with Crippen LogP contribution in [0.1, 0.15) is 17.0 Å². The van der Waals surface area contributed by atoms with Crippen LogP contribution in [0.3, 0.4) is 0 Å². The molecule has 116 valence electrons. The third-order valence-electron chi connectivity index (χ3n) is 4.04. The first-order chi connectivity index (χ1) is 11.3. The normalized spacial score (nSPS) is 14.6. The van der Waals surface area contributed by atoms with Crippen LogP contribution in [0.4, 0.5) is 5.95 Å². The Bertz CT molecular complexity index is 816. The van der Waals surface area contributed by atoms with Crippen LogP contribution in [-0.2, 0) is 19.5 Å². The van der Waals surface area contributed by atoms with Gasteiger partial charge in [0.05, 0.1) is 17.1 Å². The molecule has 1 aliphatic heterocycles. The van der Waals surface area contributed by atoms with Crippen molar-refractivity contribution in [1.29, 1.82) is 0 Å². The van der Waals surface area contributed by atoms with Gasteiger partial charge in [0, 0.05) is 48.8 Å². The van der Waals surface area contributed by atoms with E-state index in [1.54, 1.807) is 11.3 Å². The minimum Gasteiger partial charge on any atom is -0.368 e. The molecule has 0 unspecified atom stereocenters. The van der Waals surface area contributed by atoms with Crippen LogP contribution in [0.25, 0.3) is 11.3 Å². The topological polar surface area (TPSA) is 67.9 Å². The van der Waals surface area contributed by atoms with Crippen molar-refractivity contribution in [3.8, 4) is 11.3 Å². The van der Waals surface area contributed by atoms with Crippen molar-refractivity contribution in [1.82, 2.24) is 19.9 Å². The van der Waals surface area contributed by atoms with Gasteiger partial charge in [-0.25, -0.2) is 9.97 Å². The highest BCUT2D eigenvalue weighted by molar-refractivity contribution is 7.08. The number of pyridine rings is 1. The molecule has 0 fully saturated rings. The van der Waals surface area contributed by atoms with E-state index in [1.807, 2.05) is 6.20 Å². The zero-order valence-corrected chi connectivity index (χ0v) is 13.5. The van der Waals surface area contributed by atoms with Gasteiger partial charge in [-0.1, -0.05) is 6.07 Å². The number of hydrogen-bond acceptors (Lipinski definition) is 6. The number of fused-ring (bicyclic) bond motifs is 1. The van der Waals surface area contributed by atoms with E-state index < -0.39 is 0 Å². The van der Waals surface area contributed by atoms with Gasteiger partial charge >= 0.3 is 0 Å². The van der Waals surface area contributed by atoms with Crippen molar-refractivity contribution in [2.75, 3.05) is 12.3 Å². The lowest BCUT2D eigenvalue weighted by molar-refractivity contribution is 0.240. The predicted molar refractivity (Wildman–Crippen MR) is 91.8 cm³/mol. The quantitative estimate of drug-likeness (QED) is 0.803. The molecule has 5 nitrogen and oxygen atoms in total. The summed E-state index contributed by atoms with van der Waals surface area (Å²) in [6, 6.07) is 8.34. The summed E-state index contributed by atoms with van der Waals surface area (Å²) in [5, 5.41) is 4.21. The molecule has 23 heavy (non-hydrogen) atoms. The number of nitrogen functional groups attached to an aromatic ring is 1. The van der Waals surface area contributed by atoms with Crippen LogP contribution in [0.5, 0.6) is 0 Å². The van der Waals surface area contributed by atoms with Crippen LogP contribution < -0.4 is 5.73 Å². The van der Waals surface area contributed by atoms with Crippen LogP contribution in [0.2, 0.25) is 0 Å². The average molecular weight is 323 g/mol. The number of rotatable bonds is 3. The molecule has 1 aliphatic rings. The van der Waals surface area contributed by atoms with E-state index in [0.717, 1.165) is 43.1 Å². The van der Waals surface area contributed by atoms with Crippen molar-refractivity contribution in [2.45, 2.75) is 19.5 Å². The van der Waals surface area contributed by atoms with Gasteiger partial charge in [0.1, 0.15) is 0 Å². The molecule has 2 N–H and O–H groups in total. The molecule has 0 saturated carbocycles. The second-order valence-electron chi connectivity index (χ2n) is 5.69. The molecule has 0 aliphatic carbocycles. The first-order valence-corrected chi connectivity index (χ1v) is 8.53. The molecule has 4 heterocycles. The summed E-state index contributed by atoms with van der Waals surface area (Å²) < 4.78 is 0. The van der Waals surface area contributed by atoms with Crippen molar-refractivity contribution < 1.29 is 0 Å². The Morgan fingerprint density at radius 2 is 2.17 bits per heavy atom. The summed E-state index contributed by atoms with van der Waals surface area (Å²) in [7, 11) is 0. The molecule has 0 aromatic carbocycles. The monoisotopic (exact) mass is 323 g/mol. The van der Waals surface area contributed by atoms with Gasteiger partial charge in [-0.2, -0.15) is 11.3 Å². The van der Waals surface area contributed by atoms with Gasteiger partial charge in [0.2, 0.25) is 5.95 Å². The number of nitrogens with two attached hydrogens (primary N) is 1. The Hall–Kier alpha value is -2.31. The SMILES string of the molecule is Nc1ncc2c(n1)CCN(Cc1cccc(-c3ccsc3)n1)C2. The molecule has 0 amide bonds. The maximum atomic E-state index is 5.66. The Kier molecular flexibility index (Phi) is 3.77. The second kappa shape index (κ2) is 6.06. The summed E-state index contributed by atoms with van der Waals surface area (Å²) in [6.07, 6.45) is 2.76. The average Bonchev–Trinajstić information content (AvgIpc) is 3.10. The molecule has 6 heteroatoms. The van der Waals surface area contributed by atoms with Crippen molar-refractivity contribution >= 4 is 17.3 Å². The van der Waals surface area contributed by atoms with Gasteiger partial charge in [0.15, 0.2) is 0 Å². The summed E-state index contributed by atoms with van der Waals surface area (Å²) >= 11 is 1.69. The first kappa shape index (κ1) is 14.3. The number of anilines is 1. The highest BCUT2D eigenvalue weighted by Crippen LogP contribution is 2.22. The maximum absolute atomic E-state index is 5.66. The Morgan fingerprint density at radius 1 is 1.22 bits per heavy atom. The fraction of sp³-hybridized carbons (Fsp3) is 0.235. The zero-order valence-electron chi connectivity index (χ0n) is 12.6. The fourth-order valence-electron chi connectivity index (χ4n) is 2.89. The predicted octanol–water partition coefficient (Wildman–Crippen LogP) is 2.74. The Balaban J connectivity index is 1.51. The van der Waals surface area contributed by atoms with Gasteiger partial charge in [-0.05, 0) is 23.6 Å². The lowest BCUT2D eigenvalue weighted by Gasteiger charge is -2.27. The summed E-state index contributed by atoms with van der Waals surface area (Å²) in [5.41, 5.74) is 11.2. The molecule has 3 aromatic heterocycles. The lowest BCUT2D eigenvalue weighted by atomic mass is 10.1. The highest BCUT2D eigenvalue weighted by atomic mass is 32.1. The van der Waals surface area contributed by atoms with Crippen LogP contribution in [0, 0.1) is 0 Å². The van der Waals surface area contributed by atoms with E-state index in [0.29, 0.717) is 5.95 Å². The van der Waals surface area contributed by atoms with Gasteiger partial charge in [0.25, 0.3) is 0 Å². The molecule has 3 aromatic rings. The Labute approximate surface area is 138 Å². The molecular formula is C17H17N5S. The standard InChI is InChI=1S/C17H17N5S/c18-17-19-8-13-9-22(6-4-16(13)21-17)10-14-2-1-3-15(20-14)12-5-7-23-11-12/h1-3,5,7-8,11H,4,6,9-10H2,(H2,18,19,21). The van der Waals surface area contributed by atoms with E-state index in [4.69, 9.17) is 10.7 Å². The molecule has 0 atom stereocenters. The number of hydrogen-bond donors (Lipinski definition) is 1. The summed E-state index contributed by atoms with van der Waals surface area (Å²) in [4.78, 5) is 15.6. The largest absolute Gasteiger partial charge is 0.368 e. The molecule has 0 spiro atoms. The van der Waals surface area contributed by atoms with Crippen LogP contribution in [0.15, 0.2) is 41.2 Å². The Morgan fingerprint density at radius 3 is 3.04 bits per heavy atom. The third-order valence-corrected chi connectivity index (χ3v) is 4.72. The van der Waals surface area contributed by atoms with Gasteiger partial charge in [-0.3, -0.25) is 9.88 Å². The van der Waals surface area contributed by atoms with Crippen molar-refractivity contribution in [2.24, 2.45) is 0 Å². The zero-order chi connectivity index (χ0) is 15.6. The fourth-order valence-corrected chi connectivity index (χ4v) is 3.54. The molecule has 4 rings (SSSR count). The second-order valence-corrected chi connectivity index (χ2v) is 6.47. The highest BCUT2D eigenvalue weighted by Gasteiger charge is 2.18. The molecule has 0 radical (unpaired) electrons. The molecular weight excluding hydrogens is 306 g/mol. The summed E-state index contributed by atoms with van der Waals surface area (Å²) in [5.74, 6) is 0.363. The smallest absolute Gasteiger partial charge is 0.220 e. The first-order valence-electron chi connectivity index (χ1n) is 7.59. The number of thiophene rings is 1. The van der Waals surface area contributed by atoms with E-state index in [9.17, 15) is 0 Å². The van der Waals surface area contributed by atoms with E-state index in [1.165, 1.54) is 11.1 Å². The van der Waals surface area contributed by atoms with E-state index >= 15 is 0 Å². The minimum absolute atomic E-state index is 0.363. The van der Waals surface area contributed by atoms with E-state index in [-0.39, 0.29) is 0 Å². The third kappa shape index (κ3) is 3.09. The van der Waals surface area contributed by atoms with Gasteiger partial charge < -0.3 is 5.73 Å². The number of aromatic nitrogens is 3. The van der Waals surface area contributed by atoms with Crippen LogP contribution in [-0.4, -0.2) is 26.4 Å².